The van der Waals surface area contributed by atoms with E-state index in [0.29, 0.717) is 24.9 Å². The number of nitrogens with one attached hydrogen (secondary N) is 1. The molecule has 1 rings (SSSR count). The molecular formula is C11H17N3O3. The van der Waals surface area contributed by atoms with E-state index in [1.54, 1.807) is 0 Å². The van der Waals surface area contributed by atoms with Crippen LogP contribution in [-0.4, -0.2) is 40.8 Å². The molecule has 0 spiro atoms. The summed E-state index contributed by atoms with van der Waals surface area (Å²) in [6, 6.07) is 0. The molecule has 0 saturated heterocycles. The summed E-state index contributed by atoms with van der Waals surface area (Å²) >= 11 is 0. The Morgan fingerprint density at radius 2 is 2.24 bits per heavy atom. The zero-order chi connectivity index (χ0) is 12.7. The minimum Gasteiger partial charge on any atom is -0.476 e. The molecule has 94 valence electrons. The van der Waals surface area contributed by atoms with Crippen molar-refractivity contribution in [2.45, 2.75) is 13.8 Å². The number of rotatable bonds is 7. The number of aromatic nitrogens is 2. The van der Waals surface area contributed by atoms with Gasteiger partial charge < -0.3 is 15.2 Å². The number of carbonyl (C=O) groups is 1. The topological polar surface area (TPSA) is 84.3 Å². The van der Waals surface area contributed by atoms with Crippen LogP contribution in [0.2, 0.25) is 0 Å². The molecule has 2 N–H and O–H groups in total. The maximum Gasteiger partial charge on any atom is 0.356 e. The first kappa shape index (κ1) is 13.4. The Balaban J connectivity index is 2.25. The van der Waals surface area contributed by atoms with Gasteiger partial charge in [0.15, 0.2) is 5.69 Å². The first-order chi connectivity index (χ1) is 8.09. The number of anilines is 1. The van der Waals surface area contributed by atoms with Gasteiger partial charge in [0, 0.05) is 13.2 Å². The number of nitrogens with zero attached hydrogens (tertiary/aromatic N) is 2. The fourth-order valence-electron chi connectivity index (χ4n) is 1.10. The fourth-order valence-corrected chi connectivity index (χ4v) is 1.10. The van der Waals surface area contributed by atoms with Crippen LogP contribution in [0, 0.1) is 5.92 Å². The van der Waals surface area contributed by atoms with Crippen LogP contribution in [0.15, 0.2) is 12.4 Å². The van der Waals surface area contributed by atoms with Gasteiger partial charge >= 0.3 is 5.97 Å². The fraction of sp³-hybridized carbons (Fsp3) is 0.545. The summed E-state index contributed by atoms with van der Waals surface area (Å²) in [7, 11) is 0. The Morgan fingerprint density at radius 1 is 1.47 bits per heavy atom. The summed E-state index contributed by atoms with van der Waals surface area (Å²) in [5, 5.41) is 11.6. The van der Waals surface area contributed by atoms with Gasteiger partial charge in [0.1, 0.15) is 5.82 Å². The number of hydrogen-bond donors (Lipinski definition) is 2. The molecule has 0 saturated carbocycles. The van der Waals surface area contributed by atoms with E-state index in [-0.39, 0.29) is 5.69 Å². The zero-order valence-corrected chi connectivity index (χ0v) is 10.0. The minimum absolute atomic E-state index is 0.0633. The lowest BCUT2D eigenvalue weighted by Crippen LogP contribution is -2.13. The van der Waals surface area contributed by atoms with Crippen LogP contribution >= 0.6 is 0 Å². The third-order valence-corrected chi connectivity index (χ3v) is 1.87. The summed E-state index contributed by atoms with van der Waals surface area (Å²) < 4.78 is 5.37. The van der Waals surface area contributed by atoms with Gasteiger partial charge in [0.25, 0.3) is 0 Å². The van der Waals surface area contributed by atoms with Crippen molar-refractivity contribution in [3.63, 3.8) is 0 Å². The Kier molecular flexibility index (Phi) is 5.35. The van der Waals surface area contributed by atoms with E-state index in [0.717, 1.165) is 6.61 Å². The standard InChI is InChI=1S/C11H17N3O3/c1-8(2)7-17-4-3-12-10-6-13-9(5-14-10)11(15)16/h5-6,8H,3-4,7H2,1-2H3,(H,12,14)(H,15,16). The highest BCUT2D eigenvalue weighted by molar-refractivity contribution is 5.84. The first-order valence-corrected chi connectivity index (χ1v) is 5.46. The van der Waals surface area contributed by atoms with E-state index in [1.807, 2.05) is 0 Å². The second-order valence-corrected chi connectivity index (χ2v) is 3.99. The zero-order valence-electron chi connectivity index (χ0n) is 10.0. The number of carboxylic acids is 1. The molecule has 0 radical (unpaired) electrons. The van der Waals surface area contributed by atoms with Crippen molar-refractivity contribution in [3.8, 4) is 0 Å². The smallest absolute Gasteiger partial charge is 0.356 e. The summed E-state index contributed by atoms with van der Waals surface area (Å²) in [5.74, 6) is -0.0166. The van der Waals surface area contributed by atoms with E-state index in [9.17, 15) is 4.79 Å². The van der Waals surface area contributed by atoms with Crippen molar-refractivity contribution in [1.29, 1.82) is 0 Å². The Hall–Kier alpha value is -1.69. The molecule has 0 aliphatic carbocycles. The van der Waals surface area contributed by atoms with Gasteiger partial charge in [-0.05, 0) is 5.92 Å². The van der Waals surface area contributed by atoms with Crippen LogP contribution < -0.4 is 5.32 Å². The van der Waals surface area contributed by atoms with E-state index in [4.69, 9.17) is 9.84 Å². The molecule has 1 heterocycles. The molecule has 0 aliphatic rings. The summed E-state index contributed by atoms with van der Waals surface area (Å²) in [5.41, 5.74) is -0.0633. The third kappa shape index (κ3) is 5.26. The molecule has 0 amide bonds. The molecule has 0 atom stereocenters. The summed E-state index contributed by atoms with van der Waals surface area (Å²) in [4.78, 5) is 18.2. The van der Waals surface area contributed by atoms with Gasteiger partial charge in [-0.2, -0.15) is 0 Å². The lowest BCUT2D eigenvalue weighted by atomic mass is 10.2. The Morgan fingerprint density at radius 3 is 2.76 bits per heavy atom. The molecule has 1 aromatic heterocycles. The van der Waals surface area contributed by atoms with E-state index >= 15 is 0 Å². The predicted octanol–water partition coefficient (Wildman–Crippen LogP) is 1.26. The normalized spacial score (nSPS) is 10.5. The number of ether oxygens (including phenoxy) is 1. The van der Waals surface area contributed by atoms with Crippen molar-refractivity contribution < 1.29 is 14.6 Å². The van der Waals surface area contributed by atoms with Gasteiger partial charge in [0.05, 0.1) is 19.0 Å². The molecule has 0 fully saturated rings. The van der Waals surface area contributed by atoms with Crippen molar-refractivity contribution in [2.75, 3.05) is 25.1 Å². The van der Waals surface area contributed by atoms with E-state index in [2.05, 4.69) is 29.1 Å². The van der Waals surface area contributed by atoms with Crippen molar-refractivity contribution in [2.24, 2.45) is 5.92 Å². The second kappa shape index (κ2) is 6.80. The summed E-state index contributed by atoms with van der Waals surface area (Å²) in [6.07, 6.45) is 2.62. The molecule has 1 aromatic rings. The maximum atomic E-state index is 10.5. The van der Waals surface area contributed by atoms with Crippen molar-refractivity contribution in [1.82, 2.24) is 9.97 Å². The summed E-state index contributed by atoms with van der Waals surface area (Å²) in [6.45, 7) is 6.10. The van der Waals surface area contributed by atoms with Gasteiger partial charge in [-0.1, -0.05) is 13.8 Å². The van der Waals surface area contributed by atoms with Crippen LogP contribution in [-0.2, 0) is 4.74 Å². The van der Waals surface area contributed by atoms with Crippen LogP contribution in [0.4, 0.5) is 5.82 Å². The van der Waals surface area contributed by atoms with Gasteiger partial charge in [0.2, 0.25) is 0 Å². The Labute approximate surface area is 100 Å². The van der Waals surface area contributed by atoms with Gasteiger partial charge in [-0.3, -0.25) is 0 Å². The highest BCUT2D eigenvalue weighted by Crippen LogP contribution is 2.00. The van der Waals surface area contributed by atoms with Gasteiger partial charge in [-0.25, -0.2) is 14.8 Å². The van der Waals surface area contributed by atoms with Crippen LogP contribution in [0.1, 0.15) is 24.3 Å². The molecular weight excluding hydrogens is 222 g/mol. The number of hydrogen-bond acceptors (Lipinski definition) is 5. The van der Waals surface area contributed by atoms with Crippen molar-refractivity contribution >= 4 is 11.8 Å². The average Bonchev–Trinajstić information content (AvgIpc) is 2.29. The third-order valence-electron chi connectivity index (χ3n) is 1.87. The number of carboxylic acid groups (broad SMARTS) is 1. The molecule has 0 bridgehead atoms. The molecule has 6 heteroatoms. The molecule has 0 unspecified atom stereocenters. The quantitative estimate of drug-likeness (QED) is 0.697. The molecule has 17 heavy (non-hydrogen) atoms. The highest BCUT2D eigenvalue weighted by Gasteiger charge is 2.04. The number of aromatic carboxylic acids is 1. The largest absolute Gasteiger partial charge is 0.476 e. The van der Waals surface area contributed by atoms with Crippen LogP contribution in [0.3, 0.4) is 0 Å². The minimum atomic E-state index is -1.08. The average molecular weight is 239 g/mol. The van der Waals surface area contributed by atoms with Gasteiger partial charge in [-0.15, -0.1) is 0 Å². The Bertz CT molecular complexity index is 351. The first-order valence-electron chi connectivity index (χ1n) is 5.46. The second-order valence-electron chi connectivity index (χ2n) is 3.99. The van der Waals surface area contributed by atoms with E-state index < -0.39 is 5.97 Å². The molecule has 6 nitrogen and oxygen atoms in total. The monoisotopic (exact) mass is 239 g/mol. The lowest BCUT2D eigenvalue weighted by molar-refractivity contribution is 0.0690. The predicted molar refractivity (Wildman–Crippen MR) is 63.1 cm³/mol. The van der Waals surface area contributed by atoms with Crippen LogP contribution in [0.5, 0.6) is 0 Å². The van der Waals surface area contributed by atoms with E-state index in [1.165, 1.54) is 12.4 Å². The molecule has 0 aromatic carbocycles. The van der Waals surface area contributed by atoms with Crippen molar-refractivity contribution in [3.05, 3.63) is 18.1 Å². The lowest BCUT2D eigenvalue weighted by Gasteiger charge is -2.08. The SMILES string of the molecule is CC(C)COCCNc1cnc(C(=O)O)cn1. The van der Waals surface area contributed by atoms with Crippen LogP contribution in [0.25, 0.3) is 0 Å². The maximum absolute atomic E-state index is 10.5. The molecule has 0 aliphatic heterocycles. The highest BCUT2D eigenvalue weighted by atomic mass is 16.5.